The molecule has 0 N–H and O–H groups in total. The largest absolute Gasteiger partial charge is 0.490 e. The summed E-state index contributed by atoms with van der Waals surface area (Å²) in [4.78, 5) is 52.9. The van der Waals surface area contributed by atoms with Crippen LogP contribution >= 0.6 is 0 Å². The third kappa shape index (κ3) is 8.00. The molecule has 0 spiro atoms. The van der Waals surface area contributed by atoms with Gasteiger partial charge in [0.1, 0.15) is 24.9 Å². The summed E-state index contributed by atoms with van der Waals surface area (Å²) >= 11 is 0. The van der Waals surface area contributed by atoms with E-state index in [1.54, 1.807) is 45.9 Å². The molecular weight excluding hydrogens is 532 g/mol. The van der Waals surface area contributed by atoms with Crippen LogP contribution in [0.3, 0.4) is 0 Å². The molecule has 11 heteroatoms. The highest BCUT2D eigenvalue weighted by molar-refractivity contribution is 6.07. The Balaban J connectivity index is 1.66. The molecule has 41 heavy (non-hydrogen) atoms. The van der Waals surface area contributed by atoms with Crippen LogP contribution in [-0.4, -0.2) is 55.5 Å². The number of hydrogen-bond donors (Lipinski definition) is 0. The Morgan fingerprint density at radius 2 is 1.71 bits per heavy atom. The predicted molar refractivity (Wildman–Crippen MR) is 150 cm³/mol. The number of hydrogen-bond acceptors (Lipinski definition) is 10. The molecule has 2 atom stereocenters. The molecule has 1 aliphatic rings. The molecule has 0 fully saturated rings. The number of nitrogens with zero attached hydrogens (tertiary/aromatic N) is 2. The van der Waals surface area contributed by atoms with Gasteiger partial charge in [-0.1, -0.05) is 38.1 Å². The number of nitro benzene ring substituents is 1. The Labute approximate surface area is 238 Å². The van der Waals surface area contributed by atoms with Gasteiger partial charge in [-0.2, -0.15) is 0 Å². The standard InChI is InChI=1S/C30H34N2O9/c1-18(2)28(33)40-14-13-21-9-11-24(12-10-21)39-15-16-41-30(35)26-20(4)31-19(3)25(29(34)38-5)27(26)22-7-6-8-23(17-22)32(36)37/h6-12,17-18,25,27H,13-16H2,1-5H3. The van der Waals surface area contributed by atoms with E-state index >= 15 is 0 Å². The number of carbonyl (C=O) groups is 3. The average molecular weight is 567 g/mol. The van der Waals surface area contributed by atoms with Crippen LogP contribution in [0, 0.1) is 22.0 Å². The minimum Gasteiger partial charge on any atom is -0.490 e. The average Bonchev–Trinajstić information content (AvgIpc) is 2.95. The van der Waals surface area contributed by atoms with E-state index in [1.165, 1.54) is 25.3 Å². The fraction of sp³-hybridized carbons (Fsp3) is 0.400. The summed E-state index contributed by atoms with van der Waals surface area (Å²) in [7, 11) is 1.23. The molecule has 0 aromatic heterocycles. The molecule has 0 amide bonds. The lowest BCUT2D eigenvalue weighted by molar-refractivity contribution is -0.384. The Kier molecular flexibility index (Phi) is 10.7. The van der Waals surface area contributed by atoms with E-state index < -0.39 is 28.7 Å². The van der Waals surface area contributed by atoms with Crippen LogP contribution in [-0.2, 0) is 35.0 Å². The van der Waals surface area contributed by atoms with E-state index in [9.17, 15) is 24.5 Å². The third-order valence-electron chi connectivity index (χ3n) is 6.56. The van der Waals surface area contributed by atoms with Crippen LogP contribution in [0.2, 0.25) is 0 Å². The van der Waals surface area contributed by atoms with Gasteiger partial charge in [-0.05, 0) is 37.1 Å². The molecule has 1 aliphatic heterocycles. The molecule has 2 aromatic carbocycles. The summed E-state index contributed by atoms with van der Waals surface area (Å²) in [6.07, 6.45) is 0.574. The molecule has 3 rings (SSSR count). The van der Waals surface area contributed by atoms with Crippen LogP contribution < -0.4 is 4.74 Å². The number of carbonyl (C=O) groups excluding carboxylic acids is 3. The highest BCUT2D eigenvalue weighted by atomic mass is 16.6. The van der Waals surface area contributed by atoms with Crippen molar-refractivity contribution >= 4 is 29.3 Å². The van der Waals surface area contributed by atoms with Gasteiger partial charge >= 0.3 is 17.9 Å². The number of benzene rings is 2. The minimum atomic E-state index is -0.961. The number of aliphatic imine (C=N–C) groups is 1. The molecule has 0 aliphatic carbocycles. The van der Waals surface area contributed by atoms with Crippen molar-refractivity contribution < 1.29 is 38.3 Å². The second-order valence-corrected chi connectivity index (χ2v) is 9.78. The Morgan fingerprint density at radius 3 is 2.34 bits per heavy atom. The van der Waals surface area contributed by atoms with Gasteiger partial charge in [0.25, 0.3) is 5.69 Å². The van der Waals surface area contributed by atoms with Gasteiger partial charge < -0.3 is 18.9 Å². The maximum atomic E-state index is 13.3. The highest BCUT2D eigenvalue weighted by Gasteiger charge is 2.42. The Morgan fingerprint density at radius 1 is 1.00 bits per heavy atom. The summed E-state index contributed by atoms with van der Waals surface area (Å²) in [6, 6.07) is 13.0. The predicted octanol–water partition coefficient (Wildman–Crippen LogP) is 4.58. The summed E-state index contributed by atoms with van der Waals surface area (Å²) in [5.74, 6) is -3.02. The smallest absolute Gasteiger partial charge is 0.336 e. The number of non-ortho nitro benzene ring substituents is 1. The fourth-order valence-corrected chi connectivity index (χ4v) is 4.49. The van der Waals surface area contributed by atoms with Crippen molar-refractivity contribution in [3.63, 3.8) is 0 Å². The van der Waals surface area contributed by atoms with Crippen LogP contribution in [0.1, 0.15) is 44.7 Å². The van der Waals surface area contributed by atoms with Crippen molar-refractivity contribution in [1.82, 2.24) is 0 Å². The fourth-order valence-electron chi connectivity index (χ4n) is 4.49. The first-order chi connectivity index (χ1) is 19.5. The SMILES string of the molecule is COC(=O)C1C(C)=NC(C)=C(C(=O)OCCOc2ccc(CCOC(=O)C(C)C)cc2)C1c1cccc([N+](=O)[O-])c1. The molecule has 218 valence electrons. The van der Waals surface area contributed by atoms with Crippen molar-refractivity contribution in [3.8, 4) is 5.75 Å². The molecule has 2 aromatic rings. The van der Waals surface area contributed by atoms with E-state index in [0.29, 0.717) is 35.7 Å². The normalized spacial score (nSPS) is 16.6. The maximum Gasteiger partial charge on any atom is 0.336 e. The molecule has 0 bridgehead atoms. The number of methoxy groups -OCH3 is 1. The van der Waals surface area contributed by atoms with Crippen LogP contribution in [0.5, 0.6) is 5.75 Å². The van der Waals surface area contributed by atoms with E-state index in [4.69, 9.17) is 18.9 Å². The zero-order valence-electron chi connectivity index (χ0n) is 23.7. The van der Waals surface area contributed by atoms with Crippen molar-refractivity contribution in [3.05, 3.63) is 81.0 Å². The molecule has 0 saturated heterocycles. The van der Waals surface area contributed by atoms with Gasteiger partial charge in [0.15, 0.2) is 0 Å². The monoisotopic (exact) mass is 566 g/mol. The quantitative estimate of drug-likeness (QED) is 0.119. The number of nitro groups is 1. The number of esters is 3. The van der Waals surface area contributed by atoms with E-state index in [1.807, 2.05) is 12.1 Å². The summed E-state index contributed by atoms with van der Waals surface area (Å²) < 4.78 is 21.4. The number of ether oxygens (including phenoxy) is 4. The first kappa shape index (κ1) is 31.0. The Bertz CT molecular complexity index is 1350. The third-order valence-corrected chi connectivity index (χ3v) is 6.56. The molecule has 11 nitrogen and oxygen atoms in total. The maximum absolute atomic E-state index is 13.3. The lowest BCUT2D eigenvalue weighted by Gasteiger charge is -2.31. The van der Waals surface area contributed by atoms with E-state index in [-0.39, 0.29) is 36.4 Å². The topological polar surface area (TPSA) is 144 Å². The Hall–Kier alpha value is -4.54. The highest BCUT2D eigenvalue weighted by Crippen LogP contribution is 2.40. The van der Waals surface area contributed by atoms with Crippen LogP contribution in [0.15, 0.2) is 64.8 Å². The van der Waals surface area contributed by atoms with Gasteiger partial charge in [-0.15, -0.1) is 0 Å². The second-order valence-electron chi connectivity index (χ2n) is 9.78. The van der Waals surface area contributed by atoms with Crippen molar-refractivity contribution in [2.75, 3.05) is 26.9 Å². The molecule has 1 heterocycles. The molecule has 2 unspecified atom stereocenters. The van der Waals surface area contributed by atoms with Crippen molar-refractivity contribution in [2.45, 2.75) is 40.0 Å². The molecule has 0 saturated carbocycles. The lowest BCUT2D eigenvalue weighted by atomic mass is 9.75. The van der Waals surface area contributed by atoms with Crippen LogP contribution in [0.4, 0.5) is 5.69 Å². The first-order valence-corrected chi connectivity index (χ1v) is 13.2. The van der Waals surface area contributed by atoms with Crippen LogP contribution in [0.25, 0.3) is 0 Å². The minimum absolute atomic E-state index is 0.0631. The lowest BCUT2D eigenvalue weighted by Crippen LogP contribution is -2.36. The number of rotatable bonds is 12. The first-order valence-electron chi connectivity index (χ1n) is 13.2. The zero-order chi connectivity index (χ0) is 30.1. The molecular formula is C30H34N2O9. The van der Waals surface area contributed by atoms with E-state index in [0.717, 1.165) is 5.56 Å². The van der Waals surface area contributed by atoms with Gasteiger partial charge in [0.2, 0.25) is 0 Å². The summed E-state index contributed by atoms with van der Waals surface area (Å²) in [5.41, 5.74) is 2.09. The summed E-state index contributed by atoms with van der Waals surface area (Å²) in [6.45, 7) is 7.10. The number of allylic oxidation sites excluding steroid dienone is 1. The van der Waals surface area contributed by atoms with Gasteiger partial charge in [0, 0.05) is 35.9 Å². The van der Waals surface area contributed by atoms with Gasteiger partial charge in [-0.25, -0.2) is 4.79 Å². The second kappa shape index (κ2) is 14.2. The van der Waals surface area contributed by atoms with Crippen molar-refractivity contribution in [1.29, 1.82) is 0 Å². The molecule has 0 radical (unpaired) electrons. The van der Waals surface area contributed by atoms with Gasteiger partial charge in [-0.3, -0.25) is 24.7 Å². The summed E-state index contributed by atoms with van der Waals surface area (Å²) in [5, 5.41) is 11.4. The van der Waals surface area contributed by atoms with Gasteiger partial charge in [0.05, 0.1) is 30.1 Å². The zero-order valence-corrected chi connectivity index (χ0v) is 23.7. The van der Waals surface area contributed by atoms with Crippen molar-refractivity contribution in [2.24, 2.45) is 16.8 Å². The van der Waals surface area contributed by atoms with E-state index in [2.05, 4.69) is 4.99 Å².